The maximum atomic E-state index is 13.6. The molecule has 0 saturated carbocycles. The van der Waals surface area contributed by atoms with Crippen LogP contribution in [0.5, 0.6) is 0 Å². The fraction of sp³-hybridized carbons (Fsp3) is 0.500. The van der Waals surface area contributed by atoms with Crippen molar-refractivity contribution in [3.05, 3.63) is 59.9 Å². The van der Waals surface area contributed by atoms with Crippen LogP contribution in [0.4, 0.5) is 0 Å². The largest absolute Gasteiger partial charge is 0.339 e. The van der Waals surface area contributed by atoms with E-state index in [1.165, 1.54) is 18.0 Å². The van der Waals surface area contributed by atoms with E-state index in [1.54, 1.807) is 6.07 Å². The molecule has 2 aromatic rings. The van der Waals surface area contributed by atoms with E-state index in [1.807, 2.05) is 11.0 Å². The Morgan fingerprint density at radius 1 is 1.13 bits per heavy atom. The van der Waals surface area contributed by atoms with E-state index in [4.69, 9.17) is 0 Å². The van der Waals surface area contributed by atoms with Crippen LogP contribution in [-0.4, -0.2) is 57.5 Å². The molecule has 2 aliphatic rings. The van der Waals surface area contributed by atoms with Crippen LogP contribution in [0.1, 0.15) is 49.0 Å². The molecule has 1 atom stereocenters. The van der Waals surface area contributed by atoms with Gasteiger partial charge in [-0.15, -0.1) is 0 Å². The van der Waals surface area contributed by atoms with E-state index in [0.717, 1.165) is 32.2 Å². The first kappa shape index (κ1) is 20.5. The summed E-state index contributed by atoms with van der Waals surface area (Å²) in [7, 11) is 0. The third-order valence-corrected chi connectivity index (χ3v) is 6.50. The van der Waals surface area contributed by atoms with Crippen molar-refractivity contribution in [3.8, 4) is 0 Å². The van der Waals surface area contributed by atoms with Gasteiger partial charge in [0, 0.05) is 25.7 Å². The number of aromatic nitrogens is 2. The Morgan fingerprint density at radius 3 is 2.50 bits per heavy atom. The molecule has 1 aromatic heterocycles. The Kier molecular flexibility index (Phi) is 5.84. The minimum atomic E-state index is -0.332. The molecule has 0 aliphatic carbocycles. The van der Waals surface area contributed by atoms with E-state index in [2.05, 4.69) is 53.2 Å². The smallest absolute Gasteiger partial charge is 0.255 e. The topological polar surface area (TPSA) is 66.4 Å². The minimum absolute atomic E-state index is 0.0231. The molecule has 30 heavy (non-hydrogen) atoms. The zero-order chi connectivity index (χ0) is 21.1. The minimum Gasteiger partial charge on any atom is -0.339 e. The van der Waals surface area contributed by atoms with Crippen LogP contribution in [0, 0.1) is 11.3 Å². The second-order valence-corrected chi connectivity index (χ2v) is 9.10. The van der Waals surface area contributed by atoms with Gasteiger partial charge in [0.15, 0.2) is 0 Å². The van der Waals surface area contributed by atoms with Gasteiger partial charge in [-0.05, 0) is 43.2 Å². The van der Waals surface area contributed by atoms with Crippen LogP contribution in [-0.2, 0) is 11.2 Å². The highest BCUT2D eigenvalue weighted by Crippen LogP contribution is 2.45. The number of carbonyl (C=O) groups is 2. The molecule has 2 aliphatic heterocycles. The number of benzene rings is 1. The number of piperidine rings is 1. The number of carbonyl (C=O) groups excluding carboxylic acids is 2. The van der Waals surface area contributed by atoms with E-state index < -0.39 is 0 Å². The number of likely N-dealkylation sites (tertiary alicyclic amines) is 2. The third-order valence-electron chi connectivity index (χ3n) is 6.50. The standard InChI is InChI=1S/C24H30N4O2/c1-18(2)17-28-21(14-19-6-4-3-5-7-19)15-24(23(28)30)9-12-27(13-10-24)22(29)20-8-11-25-26-16-20/h3-8,11,16,18,21H,9-10,12-15,17H2,1-2H3. The summed E-state index contributed by atoms with van der Waals surface area (Å²) in [6.07, 6.45) is 6.29. The lowest BCUT2D eigenvalue weighted by molar-refractivity contribution is -0.139. The highest BCUT2D eigenvalue weighted by Gasteiger charge is 2.52. The number of hydrogen-bond donors (Lipinski definition) is 0. The second kappa shape index (κ2) is 8.54. The average Bonchev–Trinajstić information content (AvgIpc) is 3.00. The molecule has 3 heterocycles. The maximum Gasteiger partial charge on any atom is 0.255 e. The maximum absolute atomic E-state index is 13.6. The summed E-state index contributed by atoms with van der Waals surface area (Å²) >= 11 is 0. The Bertz CT molecular complexity index is 877. The average molecular weight is 407 g/mol. The van der Waals surface area contributed by atoms with Gasteiger partial charge < -0.3 is 9.80 Å². The van der Waals surface area contributed by atoms with Crippen molar-refractivity contribution in [2.24, 2.45) is 11.3 Å². The summed E-state index contributed by atoms with van der Waals surface area (Å²) in [6, 6.07) is 12.4. The lowest BCUT2D eigenvalue weighted by Gasteiger charge is -2.38. The van der Waals surface area contributed by atoms with Crippen molar-refractivity contribution in [1.82, 2.24) is 20.0 Å². The number of amides is 2. The van der Waals surface area contributed by atoms with Gasteiger partial charge in [0.25, 0.3) is 5.91 Å². The molecule has 1 unspecified atom stereocenters. The summed E-state index contributed by atoms with van der Waals surface area (Å²) in [5, 5.41) is 7.56. The van der Waals surface area contributed by atoms with Crippen molar-refractivity contribution >= 4 is 11.8 Å². The highest BCUT2D eigenvalue weighted by atomic mass is 16.2. The van der Waals surface area contributed by atoms with E-state index in [-0.39, 0.29) is 23.3 Å². The lowest BCUT2D eigenvalue weighted by atomic mass is 9.75. The van der Waals surface area contributed by atoms with Gasteiger partial charge in [-0.2, -0.15) is 10.2 Å². The van der Waals surface area contributed by atoms with Crippen LogP contribution in [0.2, 0.25) is 0 Å². The number of hydrogen-bond acceptors (Lipinski definition) is 4. The van der Waals surface area contributed by atoms with Crippen LogP contribution in [0.3, 0.4) is 0 Å². The summed E-state index contributed by atoms with van der Waals surface area (Å²) in [4.78, 5) is 30.3. The Morgan fingerprint density at radius 2 is 1.87 bits per heavy atom. The van der Waals surface area contributed by atoms with E-state index >= 15 is 0 Å². The fourth-order valence-electron chi connectivity index (χ4n) is 4.97. The zero-order valence-corrected chi connectivity index (χ0v) is 17.8. The molecule has 1 spiro atoms. The van der Waals surface area contributed by atoms with Crippen molar-refractivity contribution in [2.45, 2.75) is 45.6 Å². The van der Waals surface area contributed by atoms with Gasteiger partial charge in [0.2, 0.25) is 5.91 Å². The van der Waals surface area contributed by atoms with Crippen molar-refractivity contribution < 1.29 is 9.59 Å². The molecule has 1 aromatic carbocycles. The van der Waals surface area contributed by atoms with Crippen molar-refractivity contribution in [3.63, 3.8) is 0 Å². The third kappa shape index (κ3) is 4.09. The van der Waals surface area contributed by atoms with Gasteiger partial charge in [0.05, 0.1) is 23.4 Å². The SMILES string of the molecule is CC(C)CN1C(=O)C2(CCN(C(=O)c3ccnnc3)CC2)CC1Cc1ccccc1. The number of nitrogens with zero attached hydrogens (tertiary/aromatic N) is 4. The van der Waals surface area contributed by atoms with E-state index in [0.29, 0.717) is 24.6 Å². The molecule has 2 amide bonds. The summed E-state index contributed by atoms with van der Waals surface area (Å²) in [5.74, 6) is 0.697. The first-order valence-electron chi connectivity index (χ1n) is 10.9. The molecule has 6 nitrogen and oxygen atoms in total. The molecular formula is C24H30N4O2. The molecule has 0 radical (unpaired) electrons. The second-order valence-electron chi connectivity index (χ2n) is 9.10. The molecule has 0 N–H and O–H groups in total. The van der Waals surface area contributed by atoms with Crippen LogP contribution >= 0.6 is 0 Å². The molecule has 2 saturated heterocycles. The first-order chi connectivity index (χ1) is 14.5. The van der Waals surface area contributed by atoms with Crippen LogP contribution < -0.4 is 0 Å². The summed E-state index contributed by atoms with van der Waals surface area (Å²) in [6.45, 7) is 6.36. The van der Waals surface area contributed by atoms with Gasteiger partial charge in [-0.25, -0.2) is 0 Å². The quantitative estimate of drug-likeness (QED) is 0.765. The van der Waals surface area contributed by atoms with Gasteiger partial charge >= 0.3 is 0 Å². The highest BCUT2D eigenvalue weighted by molar-refractivity contribution is 5.94. The Labute approximate surface area is 178 Å². The lowest BCUT2D eigenvalue weighted by Crippen LogP contribution is -2.47. The van der Waals surface area contributed by atoms with Gasteiger partial charge in [-0.1, -0.05) is 44.2 Å². The Hall–Kier alpha value is -2.76. The summed E-state index contributed by atoms with van der Waals surface area (Å²) in [5.41, 5.74) is 1.50. The van der Waals surface area contributed by atoms with Crippen molar-refractivity contribution in [1.29, 1.82) is 0 Å². The van der Waals surface area contributed by atoms with E-state index in [9.17, 15) is 9.59 Å². The molecular weight excluding hydrogens is 376 g/mol. The molecule has 6 heteroatoms. The molecule has 2 fully saturated rings. The summed E-state index contributed by atoms with van der Waals surface area (Å²) < 4.78 is 0. The van der Waals surface area contributed by atoms with Crippen molar-refractivity contribution in [2.75, 3.05) is 19.6 Å². The van der Waals surface area contributed by atoms with Crippen LogP contribution in [0.15, 0.2) is 48.8 Å². The zero-order valence-electron chi connectivity index (χ0n) is 17.8. The normalized spacial score (nSPS) is 20.9. The molecule has 4 rings (SSSR count). The molecule has 158 valence electrons. The molecule has 0 bridgehead atoms. The van der Waals surface area contributed by atoms with Gasteiger partial charge in [-0.3, -0.25) is 9.59 Å². The van der Waals surface area contributed by atoms with Gasteiger partial charge in [0.1, 0.15) is 0 Å². The Balaban J connectivity index is 1.48. The van der Waals surface area contributed by atoms with Crippen LogP contribution in [0.25, 0.3) is 0 Å². The monoisotopic (exact) mass is 406 g/mol. The predicted octanol–water partition coefficient (Wildman–Crippen LogP) is 3.20. The predicted molar refractivity (Wildman–Crippen MR) is 115 cm³/mol. The number of rotatable bonds is 5. The first-order valence-corrected chi connectivity index (χ1v) is 10.9. The fourth-order valence-corrected chi connectivity index (χ4v) is 4.97.